The number of fused-ring (bicyclic) bond motifs is 1. The first-order valence-corrected chi connectivity index (χ1v) is 7.00. The van der Waals surface area contributed by atoms with Crippen LogP contribution in [0.15, 0.2) is 36.7 Å². The summed E-state index contributed by atoms with van der Waals surface area (Å²) in [5.74, 6) is 5.89. The number of likely N-dealkylation sites (N-methyl/N-ethyl adjacent to an activating group) is 1. The molecule has 0 bridgehead atoms. The second-order valence-corrected chi connectivity index (χ2v) is 5.65. The number of hydrogen-bond acceptors (Lipinski definition) is 4. The van der Waals surface area contributed by atoms with E-state index in [1.165, 1.54) is 5.39 Å². The first-order valence-electron chi connectivity index (χ1n) is 7.00. The molecule has 0 radical (unpaired) electrons. The summed E-state index contributed by atoms with van der Waals surface area (Å²) in [5, 5.41) is 2.34. The van der Waals surface area contributed by atoms with Gasteiger partial charge in [0.25, 0.3) is 0 Å². The summed E-state index contributed by atoms with van der Waals surface area (Å²) in [5.41, 5.74) is 4.06. The van der Waals surface area contributed by atoms with Crippen molar-refractivity contribution in [1.29, 1.82) is 0 Å². The highest BCUT2D eigenvalue weighted by molar-refractivity contribution is 5.85. The number of nitrogens with zero attached hydrogens (tertiary/aromatic N) is 2. The zero-order chi connectivity index (χ0) is 14.8. The molecule has 0 spiro atoms. The molecule has 1 aromatic heterocycles. The van der Waals surface area contributed by atoms with Crippen LogP contribution in [0.3, 0.4) is 0 Å². The molecular weight excluding hydrogens is 248 g/mol. The Bertz CT molecular complexity index is 576. The normalized spacial score (nSPS) is 16.3. The van der Waals surface area contributed by atoms with Gasteiger partial charge in [-0.15, -0.1) is 0 Å². The minimum absolute atomic E-state index is 0.0149. The SMILES string of the molecule is CCC(C)(C(NN)c1cncc2ccccc12)N(C)C. The number of benzene rings is 1. The van der Waals surface area contributed by atoms with E-state index in [1.54, 1.807) is 0 Å². The molecule has 0 aliphatic rings. The fourth-order valence-corrected chi connectivity index (χ4v) is 2.75. The van der Waals surface area contributed by atoms with Crippen molar-refractivity contribution in [3.8, 4) is 0 Å². The molecule has 20 heavy (non-hydrogen) atoms. The Morgan fingerprint density at radius 2 is 2.00 bits per heavy atom. The number of aromatic nitrogens is 1. The van der Waals surface area contributed by atoms with Crippen LogP contribution in [0.5, 0.6) is 0 Å². The van der Waals surface area contributed by atoms with E-state index >= 15 is 0 Å². The van der Waals surface area contributed by atoms with Crippen LogP contribution in [0, 0.1) is 0 Å². The standard InChI is InChI=1S/C16H24N4/c1-5-16(2,20(3)4)15(19-17)14-11-18-10-12-8-6-7-9-13(12)14/h6-11,15,19H,5,17H2,1-4H3. The number of nitrogens with two attached hydrogens (primary N) is 1. The molecule has 108 valence electrons. The van der Waals surface area contributed by atoms with Gasteiger partial charge in [0, 0.05) is 23.3 Å². The summed E-state index contributed by atoms with van der Waals surface area (Å²) in [7, 11) is 4.18. The van der Waals surface area contributed by atoms with Crippen molar-refractivity contribution in [1.82, 2.24) is 15.3 Å². The quantitative estimate of drug-likeness (QED) is 0.648. The predicted molar refractivity (Wildman–Crippen MR) is 84.2 cm³/mol. The summed E-state index contributed by atoms with van der Waals surface area (Å²) in [4.78, 5) is 6.60. The van der Waals surface area contributed by atoms with Gasteiger partial charge in [0.1, 0.15) is 0 Å². The predicted octanol–water partition coefficient (Wildman–Crippen LogP) is 2.47. The van der Waals surface area contributed by atoms with Crippen molar-refractivity contribution >= 4 is 10.8 Å². The molecular formula is C16H24N4. The Morgan fingerprint density at radius 3 is 2.60 bits per heavy atom. The van der Waals surface area contributed by atoms with Gasteiger partial charge in [0.05, 0.1) is 6.04 Å². The number of pyridine rings is 1. The first kappa shape index (κ1) is 14.9. The minimum Gasteiger partial charge on any atom is -0.302 e. The average molecular weight is 272 g/mol. The Labute approximate surface area is 121 Å². The Balaban J connectivity index is 2.60. The summed E-state index contributed by atoms with van der Waals surface area (Å²) < 4.78 is 0. The highest BCUT2D eigenvalue weighted by Crippen LogP contribution is 2.35. The van der Waals surface area contributed by atoms with E-state index in [1.807, 2.05) is 18.5 Å². The van der Waals surface area contributed by atoms with Crippen molar-refractivity contribution in [2.75, 3.05) is 14.1 Å². The van der Waals surface area contributed by atoms with E-state index in [2.05, 4.69) is 61.5 Å². The smallest absolute Gasteiger partial charge is 0.0662 e. The Kier molecular flexibility index (Phi) is 4.38. The van der Waals surface area contributed by atoms with Crippen molar-refractivity contribution in [3.63, 3.8) is 0 Å². The molecule has 2 rings (SSSR count). The monoisotopic (exact) mass is 272 g/mol. The lowest BCUT2D eigenvalue weighted by atomic mass is 9.83. The molecule has 0 amide bonds. The summed E-state index contributed by atoms with van der Waals surface area (Å²) in [6, 6.07) is 8.31. The van der Waals surface area contributed by atoms with Gasteiger partial charge in [0.2, 0.25) is 0 Å². The lowest BCUT2D eigenvalue weighted by Gasteiger charge is -2.42. The van der Waals surface area contributed by atoms with E-state index in [-0.39, 0.29) is 11.6 Å². The summed E-state index contributed by atoms with van der Waals surface area (Å²) in [6.07, 6.45) is 4.80. The lowest BCUT2D eigenvalue weighted by molar-refractivity contribution is 0.113. The van der Waals surface area contributed by atoms with E-state index in [0.29, 0.717) is 0 Å². The zero-order valence-corrected chi connectivity index (χ0v) is 12.7. The van der Waals surface area contributed by atoms with E-state index < -0.39 is 0 Å². The number of rotatable bonds is 5. The summed E-state index contributed by atoms with van der Waals surface area (Å²) in [6.45, 7) is 4.40. The summed E-state index contributed by atoms with van der Waals surface area (Å²) >= 11 is 0. The minimum atomic E-state index is -0.0828. The largest absolute Gasteiger partial charge is 0.302 e. The van der Waals surface area contributed by atoms with Crippen LogP contribution in [-0.4, -0.2) is 29.5 Å². The number of hydrazine groups is 1. The molecule has 2 unspecified atom stereocenters. The molecule has 4 heteroatoms. The molecule has 1 aromatic carbocycles. The van der Waals surface area contributed by atoms with Gasteiger partial charge in [-0.05, 0) is 38.4 Å². The van der Waals surface area contributed by atoms with Crippen LogP contribution in [0.1, 0.15) is 31.9 Å². The maximum absolute atomic E-state index is 5.89. The number of hydrogen-bond donors (Lipinski definition) is 2. The maximum Gasteiger partial charge on any atom is 0.0662 e. The maximum atomic E-state index is 5.89. The van der Waals surface area contributed by atoms with E-state index in [4.69, 9.17) is 5.84 Å². The third kappa shape index (κ3) is 2.42. The molecule has 4 nitrogen and oxygen atoms in total. The van der Waals surface area contributed by atoms with Crippen LogP contribution >= 0.6 is 0 Å². The van der Waals surface area contributed by atoms with Crippen molar-refractivity contribution in [2.24, 2.45) is 5.84 Å². The van der Waals surface area contributed by atoms with Gasteiger partial charge in [-0.3, -0.25) is 16.3 Å². The number of nitrogens with one attached hydrogen (secondary N) is 1. The first-order chi connectivity index (χ1) is 9.54. The van der Waals surface area contributed by atoms with Crippen LogP contribution in [-0.2, 0) is 0 Å². The van der Waals surface area contributed by atoms with E-state index in [0.717, 1.165) is 17.4 Å². The van der Waals surface area contributed by atoms with Crippen molar-refractivity contribution in [3.05, 3.63) is 42.2 Å². The van der Waals surface area contributed by atoms with Gasteiger partial charge in [-0.1, -0.05) is 31.2 Å². The van der Waals surface area contributed by atoms with Gasteiger partial charge >= 0.3 is 0 Å². The van der Waals surface area contributed by atoms with Gasteiger partial charge in [0.15, 0.2) is 0 Å². The van der Waals surface area contributed by atoms with Crippen LogP contribution < -0.4 is 11.3 Å². The molecule has 0 saturated heterocycles. The fraction of sp³-hybridized carbons (Fsp3) is 0.438. The zero-order valence-electron chi connectivity index (χ0n) is 12.7. The second kappa shape index (κ2) is 5.87. The topological polar surface area (TPSA) is 54.2 Å². The van der Waals surface area contributed by atoms with Gasteiger partial charge in [-0.2, -0.15) is 0 Å². The van der Waals surface area contributed by atoms with Gasteiger partial charge in [-0.25, -0.2) is 0 Å². The highest BCUT2D eigenvalue weighted by Gasteiger charge is 2.36. The third-order valence-corrected chi connectivity index (χ3v) is 4.54. The average Bonchev–Trinajstić information content (AvgIpc) is 2.47. The second-order valence-electron chi connectivity index (χ2n) is 5.65. The molecule has 1 heterocycles. The molecule has 0 saturated carbocycles. The Morgan fingerprint density at radius 1 is 1.30 bits per heavy atom. The molecule has 2 aromatic rings. The lowest BCUT2D eigenvalue weighted by Crippen LogP contribution is -2.53. The molecule has 0 fully saturated rings. The van der Waals surface area contributed by atoms with E-state index in [9.17, 15) is 0 Å². The fourth-order valence-electron chi connectivity index (χ4n) is 2.75. The van der Waals surface area contributed by atoms with Crippen LogP contribution in [0.25, 0.3) is 10.8 Å². The van der Waals surface area contributed by atoms with Crippen LogP contribution in [0.4, 0.5) is 0 Å². The Hall–Kier alpha value is -1.49. The highest BCUT2D eigenvalue weighted by atomic mass is 15.3. The molecule has 0 aliphatic carbocycles. The molecule has 2 atom stereocenters. The van der Waals surface area contributed by atoms with Crippen molar-refractivity contribution in [2.45, 2.75) is 31.8 Å². The van der Waals surface area contributed by atoms with Crippen LogP contribution in [0.2, 0.25) is 0 Å². The van der Waals surface area contributed by atoms with Gasteiger partial charge < -0.3 is 4.90 Å². The van der Waals surface area contributed by atoms with Crippen molar-refractivity contribution < 1.29 is 0 Å². The molecule has 0 aliphatic heterocycles. The third-order valence-electron chi connectivity index (χ3n) is 4.54. The molecule has 3 N–H and O–H groups in total.